The molecule has 118 valence electrons. The highest BCUT2D eigenvalue weighted by molar-refractivity contribution is 9.10. The number of alkyl carbamates (subject to hydrolysis) is 1. The average Bonchev–Trinajstić information content (AvgIpc) is 2.37. The Morgan fingerprint density at radius 3 is 2.62 bits per heavy atom. The molecule has 0 radical (unpaired) electrons. The Labute approximate surface area is 134 Å². The summed E-state index contributed by atoms with van der Waals surface area (Å²) in [6, 6.07) is 5.73. The smallest absolute Gasteiger partial charge is 0.407 e. The van der Waals surface area contributed by atoms with Crippen molar-refractivity contribution in [3.05, 3.63) is 22.7 Å². The first-order chi connectivity index (χ1) is 9.71. The lowest BCUT2D eigenvalue weighted by Gasteiger charge is -2.22. The van der Waals surface area contributed by atoms with Gasteiger partial charge in [0.25, 0.3) is 0 Å². The van der Waals surface area contributed by atoms with Crippen LogP contribution in [-0.2, 0) is 4.74 Å². The maximum atomic E-state index is 11.6. The van der Waals surface area contributed by atoms with E-state index in [0.29, 0.717) is 6.54 Å². The summed E-state index contributed by atoms with van der Waals surface area (Å²) in [6.07, 6.45) is -0.416. The highest BCUT2D eigenvalue weighted by Crippen LogP contribution is 2.27. The summed E-state index contributed by atoms with van der Waals surface area (Å²) in [5.41, 5.74) is 0.421. The highest BCUT2D eigenvalue weighted by Gasteiger charge is 2.16. The van der Waals surface area contributed by atoms with Crippen LogP contribution in [0.5, 0.6) is 5.75 Å². The van der Waals surface area contributed by atoms with E-state index in [9.17, 15) is 4.79 Å². The van der Waals surface area contributed by atoms with E-state index in [2.05, 4.69) is 26.6 Å². The van der Waals surface area contributed by atoms with E-state index in [-0.39, 0.29) is 6.04 Å². The number of carbonyl (C=O) groups excluding carboxylic acids is 1. The molecule has 0 fully saturated rings. The van der Waals surface area contributed by atoms with Gasteiger partial charge in [-0.15, -0.1) is 0 Å². The molecular formula is C15H23BrN2O3. The molecule has 21 heavy (non-hydrogen) atoms. The number of hydrogen-bond acceptors (Lipinski definition) is 4. The first-order valence-corrected chi connectivity index (χ1v) is 7.57. The Morgan fingerprint density at radius 1 is 1.38 bits per heavy atom. The van der Waals surface area contributed by atoms with Crippen LogP contribution in [-0.4, -0.2) is 31.4 Å². The van der Waals surface area contributed by atoms with E-state index < -0.39 is 11.7 Å². The van der Waals surface area contributed by atoms with Crippen molar-refractivity contribution in [1.82, 2.24) is 5.32 Å². The summed E-state index contributed by atoms with van der Waals surface area (Å²) in [5, 5.41) is 6.04. The number of halogens is 1. The van der Waals surface area contributed by atoms with E-state index in [1.807, 2.05) is 45.9 Å². The molecule has 1 atom stereocenters. The van der Waals surface area contributed by atoms with Crippen LogP contribution >= 0.6 is 15.9 Å². The summed E-state index contributed by atoms with van der Waals surface area (Å²) < 4.78 is 11.3. The minimum Gasteiger partial charge on any atom is -0.497 e. The van der Waals surface area contributed by atoms with Gasteiger partial charge in [0, 0.05) is 23.1 Å². The van der Waals surface area contributed by atoms with Gasteiger partial charge in [-0.2, -0.15) is 0 Å². The van der Waals surface area contributed by atoms with Crippen LogP contribution < -0.4 is 15.4 Å². The average molecular weight is 359 g/mol. The molecular weight excluding hydrogens is 336 g/mol. The Kier molecular flexibility index (Phi) is 6.33. The summed E-state index contributed by atoms with van der Waals surface area (Å²) in [6.45, 7) is 7.94. The van der Waals surface area contributed by atoms with E-state index in [4.69, 9.17) is 9.47 Å². The summed E-state index contributed by atoms with van der Waals surface area (Å²) >= 11 is 3.48. The van der Waals surface area contributed by atoms with Crippen molar-refractivity contribution in [3.8, 4) is 5.75 Å². The number of methoxy groups -OCH3 is 1. The van der Waals surface area contributed by atoms with Crippen LogP contribution in [0, 0.1) is 0 Å². The standard InChI is InChI=1S/C15H23BrN2O3/c1-10(9-17-14(19)21-15(2,3)4)18-13-8-11(20-5)6-7-12(13)16/h6-8,10,18H,9H2,1-5H3,(H,17,19). The van der Waals surface area contributed by atoms with Crippen molar-refractivity contribution < 1.29 is 14.3 Å². The molecule has 0 aromatic heterocycles. The summed E-state index contributed by atoms with van der Waals surface area (Å²) in [7, 11) is 1.63. The lowest BCUT2D eigenvalue weighted by atomic mass is 10.2. The monoisotopic (exact) mass is 358 g/mol. The fourth-order valence-electron chi connectivity index (χ4n) is 1.61. The van der Waals surface area contributed by atoms with E-state index in [1.165, 1.54) is 0 Å². The topological polar surface area (TPSA) is 59.6 Å². The van der Waals surface area contributed by atoms with Gasteiger partial charge in [-0.3, -0.25) is 0 Å². The molecule has 5 nitrogen and oxygen atoms in total. The SMILES string of the molecule is COc1ccc(Br)c(NC(C)CNC(=O)OC(C)(C)C)c1. The second-order valence-corrected chi connectivity index (χ2v) is 6.63. The third-order valence-corrected chi connectivity index (χ3v) is 3.22. The minimum atomic E-state index is -0.490. The fraction of sp³-hybridized carbons (Fsp3) is 0.533. The Balaban J connectivity index is 2.50. The van der Waals surface area contributed by atoms with Gasteiger partial charge in [0.05, 0.1) is 12.8 Å². The molecule has 1 amide bonds. The number of hydrogen-bond donors (Lipinski definition) is 2. The van der Waals surface area contributed by atoms with Gasteiger partial charge in [-0.05, 0) is 55.8 Å². The zero-order valence-corrected chi connectivity index (χ0v) is 14.7. The third-order valence-electron chi connectivity index (χ3n) is 2.53. The van der Waals surface area contributed by atoms with Gasteiger partial charge in [0.15, 0.2) is 0 Å². The molecule has 1 rings (SSSR count). The molecule has 0 heterocycles. The van der Waals surface area contributed by atoms with Gasteiger partial charge in [-0.25, -0.2) is 4.79 Å². The predicted molar refractivity (Wildman–Crippen MR) is 88.0 cm³/mol. The molecule has 1 aromatic rings. The Bertz CT molecular complexity index is 486. The van der Waals surface area contributed by atoms with Gasteiger partial charge >= 0.3 is 6.09 Å². The third kappa shape index (κ3) is 6.71. The van der Waals surface area contributed by atoms with Gasteiger partial charge in [-0.1, -0.05) is 0 Å². The van der Waals surface area contributed by atoms with Crippen LogP contribution in [0.1, 0.15) is 27.7 Å². The first-order valence-electron chi connectivity index (χ1n) is 6.78. The second-order valence-electron chi connectivity index (χ2n) is 5.77. The molecule has 1 aromatic carbocycles. The van der Waals surface area contributed by atoms with Crippen LogP contribution in [0.15, 0.2) is 22.7 Å². The van der Waals surface area contributed by atoms with Crippen molar-refractivity contribution >= 4 is 27.7 Å². The Morgan fingerprint density at radius 2 is 2.05 bits per heavy atom. The maximum absolute atomic E-state index is 11.6. The number of carbonyl (C=O) groups is 1. The minimum absolute atomic E-state index is 0.0425. The number of rotatable bonds is 5. The molecule has 2 N–H and O–H groups in total. The quantitative estimate of drug-likeness (QED) is 0.840. The molecule has 0 bridgehead atoms. The number of ether oxygens (including phenoxy) is 2. The normalized spacial score (nSPS) is 12.5. The van der Waals surface area contributed by atoms with Crippen molar-refractivity contribution in [2.24, 2.45) is 0 Å². The molecule has 1 unspecified atom stereocenters. The predicted octanol–water partition coefficient (Wildman–Crippen LogP) is 3.78. The molecule has 0 saturated heterocycles. The van der Waals surface area contributed by atoms with Crippen molar-refractivity contribution in [2.45, 2.75) is 39.3 Å². The molecule has 6 heteroatoms. The zero-order chi connectivity index (χ0) is 16.0. The Hall–Kier alpha value is -1.43. The zero-order valence-electron chi connectivity index (χ0n) is 13.1. The van der Waals surface area contributed by atoms with Crippen LogP contribution in [0.4, 0.5) is 10.5 Å². The second kappa shape index (κ2) is 7.54. The van der Waals surface area contributed by atoms with Gasteiger partial charge in [0.1, 0.15) is 11.4 Å². The van der Waals surface area contributed by atoms with Gasteiger partial charge in [0.2, 0.25) is 0 Å². The lowest BCUT2D eigenvalue weighted by Crippen LogP contribution is -2.38. The first kappa shape index (κ1) is 17.6. The van der Waals surface area contributed by atoms with Crippen molar-refractivity contribution in [3.63, 3.8) is 0 Å². The fourth-order valence-corrected chi connectivity index (χ4v) is 1.97. The largest absolute Gasteiger partial charge is 0.497 e. The van der Waals surface area contributed by atoms with Crippen LogP contribution in [0.25, 0.3) is 0 Å². The number of nitrogens with one attached hydrogen (secondary N) is 2. The summed E-state index contributed by atoms with van der Waals surface area (Å²) in [5.74, 6) is 0.771. The van der Waals surface area contributed by atoms with Crippen molar-refractivity contribution in [1.29, 1.82) is 0 Å². The highest BCUT2D eigenvalue weighted by atomic mass is 79.9. The molecule has 0 aliphatic heterocycles. The number of anilines is 1. The van der Waals surface area contributed by atoms with Crippen LogP contribution in [0.2, 0.25) is 0 Å². The molecule has 0 spiro atoms. The van der Waals surface area contributed by atoms with E-state index in [0.717, 1.165) is 15.9 Å². The van der Waals surface area contributed by atoms with Crippen molar-refractivity contribution in [2.75, 3.05) is 19.0 Å². The lowest BCUT2D eigenvalue weighted by molar-refractivity contribution is 0.0526. The molecule has 0 saturated carbocycles. The van der Waals surface area contributed by atoms with Crippen LogP contribution in [0.3, 0.4) is 0 Å². The number of amides is 1. The molecule has 0 aliphatic rings. The molecule has 0 aliphatic carbocycles. The van der Waals surface area contributed by atoms with E-state index >= 15 is 0 Å². The maximum Gasteiger partial charge on any atom is 0.407 e. The number of benzene rings is 1. The van der Waals surface area contributed by atoms with E-state index in [1.54, 1.807) is 7.11 Å². The van der Waals surface area contributed by atoms with Gasteiger partial charge < -0.3 is 20.1 Å². The summed E-state index contributed by atoms with van der Waals surface area (Å²) in [4.78, 5) is 11.6.